The molecule has 21 heavy (non-hydrogen) atoms. The van der Waals surface area contributed by atoms with Crippen molar-refractivity contribution in [2.75, 3.05) is 11.5 Å². The van der Waals surface area contributed by atoms with Gasteiger partial charge in [-0.1, -0.05) is 18.2 Å². The van der Waals surface area contributed by atoms with Crippen LogP contribution in [0.3, 0.4) is 0 Å². The van der Waals surface area contributed by atoms with Crippen molar-refractivity contribution in [1.29, 1.82) is 0 Å². The van der Waals surface area contributed by atoms with Gasteiger partial charge in [0.25, 0.3) is 0 Å². The van der Waals surface area contributed by atoms with Crippen LogP contribution in [0.1, 0.15) is 24.8 Å². The molecule has 1 atom stereocenters. The highest BCUT2D eigenvalue weighted by Gasteiger charge is 2.19. The number of rotatable bonds is 5. The predicted molar refractivity (Wildman–Crippen MR) is 91.2 cm³/mol. The van der Waals surface area contributed by atoms with Gasteiger partial charge in [0, 0.05) is 17.6 Å². The lowest BCUT2D eigenvalue weighted by Gasteiger charge is -2.26. The molecule has 0 bridgehead atoms. The van der Waals surface area contributed by atoms with Crippen LogP contribution in [0.15, 0.2) is 36.5 Å². The van der Waals surface area contributed by atoms with Crippen LogP contribution in [0.25, 0.3) is 10.9 Å². The van der Waals surface area contributed by atoms with Crippen LogP contribution in [0.4, 0.5) is 0 Å². The Bertz CT molecular complexity index is 576. The van der Waals surface area contributed by atoms with Gasteiger partial charge in [-0.2, -0.15) is 11.8 Å². The van der Waals surface area contributed by atoms with Gasteiger partial charge in [0.15, 0.2) is 0 Å². The van der Waals surface area contributed by atoms with Crippen LogP contribution in [-0.2, 0) is 6.42 Å². The maximum Gasteiger partial charge on any atom is 0.0704 e. The van der Waals surface area contributed by atoms with Crippen LogP contribution in [0, 0.1) is 5.92 Å². The molecule has 0 radical (unpaired) electrons. The molecule has 0 amide bonds. The molecule has 1 aromatic heterocycles. The Labute approximate surface area is 130 Å². The molecule has 1 saturated heterocycles. The Morgan fingerprint density at radius 1 is 1.24 bits per heavy atom. The van der Waals surface area contributed by atoms with Gasteiger partial charge >= 0.3 is 0 Å². The van der Waals surface area contributed by atoms with E-state index in [1.54, 1.807) is 0 Å². The SMILES string of the molecule is NNC(Cc1ccnc2ccccc12)CC1CCSCC1. The predicted octanol–water partition coefficient (Wildman–Crippen LogP) is 3.14. The highest BCUT2D eigenvalue weighted by atomic mass is 32.2. The summed E-state index contributed by atoms with van der Waals surface area (Å²) in [5, 5.41) is 1.25. The Hall–Kier alpha value is -1.10. The lowest BCUT2D eigenvalue weighted by molar-refractivity contribution is 0.366. The van der Waals surface area contributed by atoms with E-state index in [1.807, 2.05) is 12.3 Å². The molecule has 3 rings (SSSR count). The van der Waals surface area contributed by atoms with Gasteiger partial charge in [0.1, 0.15) is 0 Å². The molecule has 1 aliphatic heterocycles. The topological polar surface area (TPSA) is 50.9 Å². The van der Waals surface area contributed by atoms with E-state index in [9.17, 15) is 0 Å². The van der Waals surface area contributed by atoms with E-state index in [4.69, 9.17) is 5.84 Å². The first-order valence-corrected chi connectivity index (χ1v) is 8.89. The molecule has 1 fully saturated rings. The first kappa shape index (κ1) is 14.8. The summed E-state index contributed by atoms with van der Waals surface area (Å²) < 4.78 is 0. The van der Waals surface area contributed by atoms with E-state index >= 15 is 0 Å². The lowest BCUT2D eigenvalue weighted by atomic mass is 9.91. The number of nitrogens with one attached hydrogen (secondary N) is 1. The first-order chi connectivity index (χ1) is 10.4. The summed E-state index contributed by atoms with van der Waals surface area (Å²) in [5.41, 5.74) is 5.45. The summed E-state index contributed by atoms with van der Waals surface area (Å²) in [5.74, 6) is 9.24. The molecule has 2 heterocycles. The fraction of sp³-hybridized carbons (Fsp3) is 0.471. The summed E-state index contributed by atoms with van der Waals surface area (Å²) in [4.78, 5) is 4.44. The fourth-order valence-electron chi connectivity index (χ4n) is 3.19. The van der Waals surface area contributed by atoms with Gasteiger partial charge in [0.2, 0.25) is 0 Å². The third-order valence-corrected chi connectivity index (χ3v) is 5.45. The van der Waals surface area contributed by atoms with E-state index in [0.29, 0.717) is 6.04 Å². The van der Waals surface area contributed by atoms with Crippen LogP contribution in [0.2, 0.25) is 0 Å². The van der Waals surface area contributed by atoms with Crippen LogP contribution in [0.5, 0.6) is 0 Å². The summed E-state index contributed by atoms with van der Waals surface area (Å²) in [6, 6.07) is 10.8. The van der Waals surface area contributed by atoms with Gasteiger partial charge < -0.3 is 0 Å². The van der Waals surface area contributed by atoms with Gasteiger partial charge in [0.05, 0.1) is 5.52 Å². The minimum absolute atomic E-state index is 0.351. The second-order valence-corrected chi connectivity index (χ2v) is 7.07. The van der Waals surface area contributed by atoms with E-state index in [1.165, 1.54) is 41.7 Å². The summed E-state index contributed by atoms with van der Waals surface area (Å²) >= 11 is 2.08. The fourth-order valence-corrected chi connectivity index (χ4v) is 4.40. The number of hydrazine groups is 1. The van der Waals surface area contributed by atoms with E-state index in [-0.39, 0.29) is 0 Å². The molecule has 1 unspecified atom stereocenters. The summed E-state index contributed by atoms with van der Waals surface area (Å²) in [7, 11) is 0. The number of fused-ring (bicyclic) bond motifs is 1. The summed E-state index contributed by atoms with van der Waals surface area (Å²) in [6.45, 7) is 0. The van der Waals surface area contributed by atoms with Crippen molar-refractivity contribution < 1.29 is 0 Å². The molecule has 4 heteroatoms. The second-order valence-electron chi connectivity index (χ2n) is 5.85. The van der Waals surface area contributed by atoms with Crippen molar-refractivity contribution in [3.8, 4) is 0 Å². The molecule has 0 saturated carbocycles. The number of nitrogens with zero attached hydrogens (tertiary/aromatic N) is 1. The number of nitrogens with two attached hydrogens (primary N) is 1. The molecule has 3 nitrogen and oxygen atoms in total. The van der Waals surface area contributed by atoms with Crippen molar-refractivity contribution in [1.82, 2.24) is 10.4 Å². The molecule has 3 N–H and O–H groups in total. The van der Waals surface area contributed by atoms with Crippen molar-refractivity contribution in [2.24, 2.45) is 11.8 Å². The second kappa shape index (κ2) is 7.25. The van der Waals surface area contributed by atoms with E-state index in [2.05, 4.69) is 46.4 Å². The zero-order valence-corrected chi connectivity index (χ0v) is 13.1. The van der Waals surface area contributed by atoms with Crippen molar-refractivity contribution >= 4 is 22.7 Å². The Morgan fingerprint density at radius 3 is 2.86 bits per heavy atom. The minimum atomic E-state index is 0.351. The largest absolute Gasteiger partial charge is 0.271 e. The molecule has 1 aliphatic rings. The molecular weight excluding hydrogens is 278 g/mol. The minimum Gasteiger partial charge on any atom is -0.271 e. The van der Waals surface area contributed by atoms with E-state index < -0.39 is 0 Å². The quantitative estimate of drug-likeness (QED) is 0.658. The van der Waals surface area contributed by atoms with Crippen molar-refractivity contribution in [3.63, 3.8) is 0 Å². The Morgan fingerprint density at radius 2 is 2.05 bits per heavy atom. The van der Waals surface area contributed by atoms with Crippen molar-refractivity contribution in [2.45, 2.75) is 31.7 Å². The molecule has 112 valence electrons. The first-order valence-electron chi connectivity index (χ1n) is 7.73. The number of thioether (sulfide) groups is 1. The molecule has 0 spiro atoms. The molecular formula is C17H23N3S. The molecule has 1 aromatic carbocycles. The third kappa shape index (κ3) is 3.76. The lowest BCUT2D eigenvalue weighted by Crippen LogP contribution is -2.38. The zero-order valence-electron chi connectivity index (χ0n) is 12.3. The number of hydrogen-bond acceptors (Lipinski definition) is 4. The Kier molecular flexibility index (Phi) is 5.12. The number of para-hydroxylation sites is 1. The summed E-state index contributed by atoms with van der Waals surface area (Å²) in [6.07, 6.45) is 6.72. The van der Waals surface area contributed by atoms with Crippen LogP contribution in [-0.4, -0.2) is 22.5 Å². The van der Waals surface area contributed by atoms with Gasteiger partial charge in [-0.25, -0.2) is 0 Å². The highest BCUT2D eigenvalue weighted by Crippen LogP contribution is 2.27. The number of hydrogen-bond donors (Lipinski definition) is 2. The van der Waals surface area contributed by atoms with Crippen molar-refractivity contribution in [3.05, 3.63) is 42.1 Å². The third-order valence-electron chi connectivity index (χ3n) is 4.40. The monoisotopic (exact) mass is 301 g/mol. The average molecular weight is 301 g/mol. The van der Waals surface area contributed by atoms with Crippen LogP contribution >= 0.6 is 11.8 Å². The smallest absolute Gasteiger partial charge is 0.0704 e. The standard InChI is InChI=1S/C17H23N3S/c18-20-15(11-13-6-9-21-10-7-13)12-14-5-8-19-17-4-2-1-3-16(14)17/h1-5,8,13,15,20H,6-7,9-12,18H2. The van der Waals surface area contributed by atoms with Gasteiger partial charge in [-0.15, -0.1) is 0 Å². The van der Waals surface area contributed by atoms with Gasteiger partial charge in [-0.05, 0) is 60.8 Å². The number of pyridine rings is 1. The zero-order chi connectivity index (χ0) is 14.5. The molecule has 0 aliphatic carbocycles. The maximum absolute atomic E-state index is 5.81. The highest BCUT2D eigenvalue weighted by molar-refractivity contribution is 7.99. The van der Waals surface area contributed by atoms with Crippen LogP contribution < -0.4 is 11.3 Å². The average Bonchev–Trinajstić information content (AvgIpc) is 2.55. The normalized spacial score (nSPS) is 18.0. The molecule has 2 aromatic rings. The maximum atomic E-state index is 5.81. The van der Waals surface area contributed by atoms with Gasteiger partial charge in [-0.3, -0.25) is 16.3 Å². The van der Waals surface area contributed by atoms with E-state index in [0.717, 1.165) is 17.9 Å². The Balaban J connectivity index is 1.72. The number of benzene rings is 1. The number of aromatic nitrogens is 1.